The van der Waals surface area contributed by atoms with Crippen molar-refractivity contribution in [3.63, 3.8) is 0 Å². The molecule has 2 aromatic heterocycles. The Balaban J connectivity index is 1.77. The lowest BCUT2D eigenvalue weighted by Gasteiger charge is -2.33. The fraction of sp³-hybridized carbons (Fsp3) is 0.348. The molecule has 0 unspecified atom stereocenters. The van der Waals surface area contributed by atoms with Crippen LogP contribution in [0.4, 0.5) is 18.0 Å². The maximum absolute atomic E-state index is 14.7. The Morgan fingerprint density at radius 2 is 1.88 bits per heavy atom. The van der Waals surface area contributed by atoms with Gasteiger partial charge in [0.05, 0.1) is 5.69 Å². The number of alkyl carbamates (subject to hydrolysis) is 1. The van der Waals surface area contributed by atoms with Crippen LogP contribution in [0.3, 0.4) is 0 Å². The summed E-state index contributed by atoms with van der Waals surface area (Å²) in [4.78, 5) is 17.2. The summed E-state index contributed by atoms with van der Waals surface area (Å²) < 4.78 is 49.6. The summed E-state index contributed by atoms with van der Waals surface area (Å²) >= 11 is 0. The van der Waals surface area contributed by atoms with Crippen LogP contribution in [0.2, 0.25) is 0 Å². The molecule has 0 fully saturated rings. The number of amides is 1. The normalized spacial score (nSPS) is 18.6. The summed E-state index contributed by atoms with van der Waals surface area (Å²) in [6.07, 6.45) is 1.47. The van der Waals surface area contributed by atoms with Crippen LogP contribution in [0.15, 0.2) is 35.6 Å². The predicted octanol–water partition coefficient (Wildman–Crippen LogP) is 3.11. The van der Waals surface area contributed by atoms with Crippen molar-refractivity contribution in [1.82, 2.24) is 14.7 Å². The highest BCUT2D eigenvalue weighted by atomic mass is 19.2. The van der Waals surface area contributed by atoms with Gasteiger partial charge in [-0.3, -0.25) is 0 Å². The van der Waals surface area contributed by atoms with Gasteiger partial charge in [0.1, 0.15) is 22.9 Å². The van der Waals surface area contributed by atoms with Crippen molar-refractivity contribution in [2.45, 2.75) is 51.2 Å². The van der Waals surface area contributed by atoms with Gasteiger partial charge in [-0.1, -0.05) is 0 Å². The van der Waals surface area contributed by atoms with E-state index in [9.17, 15) is 18.0 Å². The minimum absolute atomic E-state index is 0.0529. The topological polar surface area (TPSA) is 120 Å². The number of hydrogen-bond acceptors (Lipinski definition) is 5. The highest BCUT2D eigenvalue weighted by molar-refractivity contribution is 5.98. The zero-order chi connectivity index (χ0) is 24.8. The van der Waals surface area contributed by atoms with Crippen LogP contribution < -0.4 is 16.9 Å². The highest BCUT2D eigenvalue weighted by Gasteiger charge is 2.36. The molecule has 0 spiro atoms. The van der Waals surface area contributed by atoms with Crippen LogP contribution in [-0.2, 0) is 17.6 Å². The molecule has 180 valence electrons. The molecule has 2 atom stereocenters. The van der Waals surface area contributed by atoms with Crippen LogP contribution >= 0.6 is 0 Å². The summed E-state index contributed by atoms with van der Waals surface area (Å²) in [5.74, 6) is 1.33. The van der Waals surface area contributed by atoms with Crippen LogP contribution in [0.25, 0.3) is 5.65 Å². The van der Waals surface area contributed by atoms with Crippen molar-refractivity contribution < 1.29 is 22.7 Å². The van der Waals surface area contributed by atoms with E-state index in [-0.39, 0.29) is 24.2 Å². The zero-order valence-corrected chi connectivity index (χ0v) is 18.9. The van der Waals surface area contributed by atoms with Crippen LogP contribution in [0.5, 0.6) is 0 Å². The van der Waals surface area contributed by atoms with E-state index in [1.54, 1.807) is 39.1 Å². The number of nitrogens with one attached hydrogen (secondary N) is 1. The minimum atomic E-state index is -1.28. The standard InChI is InChI=1S/C23H25F3N6O2/c1-23(2,3)34-22(33)30-17-10-19-18(8-13(17)12-7-15(25)16(26)9-14(12)24)29-20-6-11(21(27)31-28)4-5-32(19)20/h4-7,9,13,17H,8,10,28H2,1-3H3,(H2,27,31)(H,30,33)/t13-,17+/m1/s1. The van der Waals surface area contributed by atoms with Gasteiger partial charge >= 0.3 is 6.09 Å². The Bertz CT molecular complexity index is 1300. The van der Waals surface area contributed by atoms with Gasteiger partial charge in [0, 0.05) is 48.3 Å². The lowest BCUT2D eigenvalue weighted by atomic mass is 9.80. The SMILES string of the molecule is CC(C)(C)OC(=O)N[C@H]1Cc2c(nc3cc(/C(N)=N/N)ccn23)C[C@@H]1c1cc(F)c(F)cc1F. The number of rotatable bonds is 3. The molecule has 1 aliphatic carbocycles. The average molecular weight is 474 g/mol. The van der Waals surface area contributed by atoms with E-state index in [1.807, 2.05) is 4.40 Å². The number of hydrazone groups is 1. The highest BCUT2D eigenvalue weighted by Crippen LogP contribution is 2.35. The first-order valence-corrected chi connectivity index (χ1v) is 10.6. The van der Waals surface area contributed by atoms with Crippen molar-refractivity contribution in [2.24, 2.45) is 16.7 Å². The second-order valence-electron chi connectivity index (χ2n) is 9.22. The predicted molar refractivity (Wildman–Crippen MR) is 120 cm³/mol. The second-order valence-corrected chi connectivity index (χ2v) is 9.22. The third-order valence-corrected chi connectivity index (χ3v) is 5.70. The molecule has 34 heavy (non-hydrogen) atoms. The molecule has 8 nitrogen and oxygen atoms in total. The van der Waals surface area contributed by atoms with Crippen molar-refractivity contribution in [1.29, 1.82) is 0 Å². The number of fused-ring (bicyclic) bond motifs is 3. The van der Waals surface area contributed by atoms with Crippen molar-refractivity contribution in [2.75, 3.05) is 0 Å². The quantitative estimate of drug-likeness (QED) is 0.177. The van der Waals surface area contributed by atoms with Crippen LogP contribution in [0.1, 0.15) is 49.2 Å². The molecule has 4 rings (SSSR count). The van der Waals surface area contributed by atoms with Gasteiger partial charge in [0.25, 0.3) is 0 Å². The van der Waals surface area contributed by atoms with E-state index in [2.05, 4.69) is 15.4 Å². The third-order valence-electron chi connectivity index (χ3n) is 5.70. The molecular formula is C23H25F3N6O2. The summed E-state index contributed by atoms with van der Waals surface area (Å²) in [6, 6.07) is 4.09. The van der Waals surface area contributed by atoms with Crippen LogP contribution in [0, 0.1) is 17.5 Å². The third kappa shape index (κ3) is 4.50. The molecule has 2 heterocycles. The van der Waals surface area contributed by atoms with Gasteiger partial charge in [0.2, 0.25) is 0 Å². The zero-order valence-electron chi connectivity index (χ0n) is 18.9. The summed E-state index contributed by atoms with van der Waals surface area (Å²) in [5, 5.41) is 6.26. The number of hydrogen-bond donors (Lipinski definition) is 3. The maximum Gasteiger partial charge on any atom is 0.407 e. The summed E-state index contributed by atoms with van der Waals surface area (Å²) in [7, 11) is 0. The lowest BCUT2D eigenvalue weighted by molar-refractivity contribution is 0.0493. The van der Waals surface area contributed by atoms with Crippen LogP contribution in [-0.4, -0.2) is 33.0 Å². The van der Waals surface area contributed by atoms with Crippen molar-refractivity contribution in [3.05, 3.63) is 70.4 Å². The number of benzene rings is 1. The van der Waals surface area contributed by atoms with Gasteiger partial charge in [-0.25, -0.2) is 22.9 Å². The molecule has 1 amide bonds. The molecule has 1 aliphatic rings. The first-order chi connectivity index (χ1) is 16.0. The average Bonchev–Trinajstić information content (AvgIpc) is 3.10. The molecular weight excluding hydrogens is 449 g/mol. The lowest BCUT2D eigenvalue weighted by Crippen LogP contribution is -2.46. The maximum atomic E-state index is 14.7. The largest absolute Gasteiger partial charge is 0.444 e. The number of pyridine rings is 1. The van der Waals surface area contributed by atoms with Crippen molar-refractivity contribution in [3.8, 4) is 0 Å². The molecule has 3 aromatic rings. The number of nitrogens with zero attached hydrogens (tertiary/aromatic N) is 3. The Hall–Kier alpha value is -3.76. The molecule has 0 radical (unpaired) electrons. The Morgan fingerprint density at radius 1 is 1.18 bits per heavy atom. The van der Waals surface area contributed by atoms with Gasteiger partial charge in [0.15, 0.2) is 11.6 Å². The van der Waals surface area contributed by atoms with E-state index in [4.69, 9.17) is 16.3 Å². The first-order valence-electron chi connectivity index (χ1n) is 10.6. The Kier molecular flexibility index (Phi) is 5.88. The molecule has 0 aliphatic heterocycles. The van der Waals surface area contributed by atoms with E-state index in [0.29, 0.717) is 23.0 Å². The second kappa shape index (κ2) is 8.54. The van der Waals surface area contributed by atoms with E-state index >= 15 is 0 Å². The number of nitrogens with two attached hydrogens (primary N) is 2. The fourth-order valence-electron chi connectivity index (χ4n) is 4.22. The number of imidazole rings is 1. The molecule has 1 aromatic carbocycles. The van der Waals surface area contributed by atoms with E-state index < -0.39 is 41.1 Å². The monoisotopic (exact) mass is 474 g/mol. The van der Waals surface area contributed by atoms with Gasteiger partial charge in [-0.05, 0) is 44.5 Å². The number of carbonyl (C=O) groups is 1. The van der Waals surface area contributed by atoms with Gasteiger partial charge < -0.3 is 26.0 Å². The molecule has 0 bridgehead atoms. The number of amidine groups is 1. The number of halogens is 3. The molecule has 0 saturated carbocycles. The number of aromatic nitrogens is 2. The Labute approximate surface area is 193 Å². The van der Waals surface area contributed by atoms with Crippen molar-refractivity contribution >= 4 is 17.6 Å². The number of ether oxygens (including phenoxy) is 1. The van der Waals surface area contributed by atoms with E-state index in [0.717, 1.165) is 11.8 Å². The van der Waals surface area contributed by atoms with Gasteiger partial charge in [-0.2, -0.15) is 5.10 Å². The molecule has 0 saturated heterocycles. The first kappa shape index (κ1) is 23.4. The summed E-state index contributed by atoms with van der Waals surface area (Å²) in [5.41, 5.74) is 7.53. The summed E-state index contributed by atoms with van der Waals surface area (Å²) in [6.45, 7) is 5.16. The molecule has 5 N–H and O–H groups in total. The Morgan fingerprint density at radius 3 is 2.56 bits per heavy atom. The molecule has 11 heteroatoms. The minimum Gasteiger partial charge on any atom is -0.444 e. The smallest absolute Gasteiger partial charge is 0.407 e. The number of carbonyl (C=O) groups excluding carboxylic acids is 1. The van der Waals surface area contributed by atoms with Gasteiger partial charge in [-0.15, -0.1) is 0 Å². The van der Waals surface area contributed by atoms with E-state index in [1.165, 1.54) is 0 Å². The fourth-order valence-corrected chi connectivity index (χ4v) is 4.22.